The monoisotopic (exact) mass is 478 g/mol. The summed E-state index contributed by atoms with van der Waals surface area (Å²) in [6.07, 6.45) is 2.31. The van der Waals surface area contributed by atoms with Crippen LogP contribution in [0.3, 0.4) is 0 Å². The summed E-state index contributed by atoms with van der Waals surface area (Å²) in [5, 5.41) is 11.3. The topological polar surface area (TPSA) is 88.5 Å². The number of ether oxygens (including phenoxy) is 3. The Morgan fingerprint density at radius 2 is 1.94 bits per heavy atom. The molecule has 35 heavy (non-hydrogen) atoms. The van der Waals surface area contributed by atoms with Gasteiger partial charge in [-0.1, -0.05) is 24.8 Å². The lowest BCUT2D eigenvalue weighted by Crippen LogP contribution is -2.32. The highest BCUT2D eigenvalue weighted by Crippen LogP contribution is 2.41. The second-order valence-corrected chi connectivity index (χ2v) is 8.68. The number of aliphatic hydroxyl groups excluding tert-OH is 1. The van der Waals surface area contributed by atoms with E-state index < -0.39 is 17.7 Å². The van der Waals surface area contributed by atoms with Crippen molar-refractivity contribution in [3.05, 3.63) is 71.8 Å². The fourth-order valence-corrected chi connectivity index (χ4v) is 4.29. The lowest BCUT2D eigenvalue weighted by Gasteiger charge is -2.26. The Morgan fingerprint density at radius 1 is 1.17 bits per heavy atom. The predicted molar refractivity (Wildman–Crippen MR) is 132 cm³/mol. The number of amides is 1. The molecule has 1 N–H and O–H groups in total. The number of nitrogens with zero attached hydrogens (tertiary/aromatic N) is 2. The zero-order valence-corrected chi connectivity index (χ0v) is 20.0. The van der Waals surface area contributed by atoms with Crippen LogP contribution in [0.5, 0.6) is 17.2 Å². The minimum atomic E-state index is -0.752. The quantitative estimate of drug-likeness (QED) is 0.256. The molecule has 0 bridgehead atoms. The number of likely N-dealkylation sites (tertiary alicyclic amines) is 1. The van der Waals surface area contributed by atoms with E-state index in [-0.39, 0.29) is 11.3 Å². The van der Waals surface area contributed by atoms with Crippen LogP contribution in [0.4, 0.5) is 0 Å². The van der Waals surface area contributed by atoms with Gasteiger partial charge in [0.2, 0.25) is 0 Å². The van der Waals surface area contributed by atoms with Crippen LogP contribution in [0.15, 0.2) is 60.7 Å². The molecule has 1 atom stereocenters. The third-order valence-electron chi connectivity index (χ3n) is 5.90. The Labute approximate surface area is 205 Å². The second kappa shape index (κ2) is 10.7. The number of carbonyl (C=O) groups is 2. The SMILES string of the molecule is C=CCOc1cccc([C@H]2/C(=C(\O)c3ccc4c(c3)OCCO4)C(=O)C(=O)N2CCCN(C)C)c1. The molecule has 1 amide bonds. The minimum absolute atomic E-state index is 0.0393. The molecular weight excluding hydrogens is 448 g/mol. The number of aliphatic hydroxyl groups is 1. The zero-order valence-electron chi connectivity index (χ0n) is 20.0. The number of fused-ring (bicyclic) bond motifs is 1. The molecule has 0 aromatic heterocycles. The first-order valence-electron chi connectivity index (χ1n) is 11.6. The number of hydrogen-bond donors (Lipinski definition) is 1. The van der Waals surface area contributed by atoms with Gasteiger partial charge in [-0.05, 0) is 63.0 Å². The van der Waals surface area contributed by atoms with E-state index in [2.05, 4.69) is 6.58 Å². The Kier molecular flexibility index (Phi) is 7.41. The van der Waals surface area contributed by atoms with Gasteiger partial charge in [0.15, 0.2) is 11.5 Å². The molecule has 0 spiro atoms. The molecule has 0 aliphatic carbocycles. The Hall–Kier alpha value is -3.78. The van der Waals surface area contributed by atoms with E-state index in [1.807, 2.05) is 25.1 Å². The van der Waals surface area contributed by atoms with Crippen LogP contribution in [0.2, 0.25) is 0 Å². The van der Waals surface area contributed by atoms with Crippen molar-refractivity contribution in [2.24, 2.45) is 0 Å². The van der Waals surface area contributed by atoms with Gasteiger partial charge in [-0.15, -0.1) is 0 Å². The molecule has 4 rings (SSSR count). The fraction of sp³-hybridized carbons (Fsp3) is 0.333. The number of carbonyl (C=O) groups excluding carboxylic acids is 2. The number of ketones is 1. The Morgan fingerprint density at radius 3 is 2.69 bits per heavy atom. The van der Waals surface area contributed by atoms with Gasteiger partial charge in [-0.2, -0.15) is 0 Å². The average molecular weight is 479 g/mol. The van der Waals surface area contributed by atoms with Gasteiger partial charge >= 0.3 is 0 Å². The van der Waals surface area contributed by atoms with Crippen LogP contribution in [0, 0.1) is 0 Å². The predicted octanol–water partition coefficient (Wildman–Crippen LogP) is 3.40. The van der Waals surface area contributed by atoms with Crippen molar-refractivity contribution in [3.63, 3.8) is 0 Å². The summed E-state index contributed by atoms with van der Waals surface area (Å²) in [7, 11) is 3.90. The van der Waals surface area contributed by atoms with Gasteiger partial charge in [0.1, 0.15) is 31.3 Å². The van der Waals surface area contributed by atoms with Crippen molar-refractivity contribution in [3.8, 4) is 17.2 Å². The van der Waals surface area contributed by atoms with E-state index in [1.165, 1.54) is 4.90 Å². The summed E-state index contributed by atoms with van der Waals surface area (Å²) < 4.78 is 16.9. The number of benzene rings is 2. The van der Waals surface area contributed by atoms with E-state index in [0.717, 1.165) is 6.54 Å². The van der Waals surface area contributed by atoms with E-state index in [4.69, 9.17) is 14.2 Å². The van der Waals surface area contributed by atoms with Crippen LogP contribution >= 0.6 is 0 Å². The third kappa shape index (κ3) is 5.17. The summed E-state index contributed by atoms with van der Waals surface area (Å²) in [4.78, 5) is 29.9. The van der Waals surface area contributed by atoms with Crippen molar-refractivity contribution < 1.29 is 28.9 Å². The molecular formula is C27H30N2O6. The van der Waals surface area contributed by atoms with Crippen molar-refractivity contribution in [2.45, 2.75) is 12.5 Å². The highest BCUT2D eigenvalue weighted by Gasteiger charge is 2.46. The van der Waals surface area contributed by atoms with Gasteiger partial charge in [0.25, 0.3) is 11.7 Å². The third-order valence-corrected chi connectivity index (χ3v) is 5.90. The van der Waals surface area contributed by atoms with Gasteiger partial charge in [0.05, 0.1) is 11.6 Å². The van der Waals surface area contributed by atoms with E-state index in [9.17, 15) is 14.7 Å². The van der Waals surface area contributed by atoms with Crippen molar-refractivity contribution >= 4 is 17.4 Å². The van der Waals surface area contributed by atoms with Crippen LogP contribution in [0.25, 0.3) is 5.76 Å². The molecule has 2 aromatic carbocycles. The summed E-state index contributed by atoms with van der Waals surface area (Å²) in [5.41, 5.74) is 1.09. The maximum Gasteiger partial charge on any atom is 0.295 e. The lowest BCUT2D eigenvalue weighted by molar-refractivity contribution is -0.139. The summed E-state index contributed by atoms with van der Waals surface area (Å²) >= 11 is 0. The molecule has 1 fully saturated rings. The molecule has 8 heteroatoms. The smallest absolute Gasteiger partial charge is 0.295 e. The zero-order chi connectivity index (χ0) is 24.9. The molecule has 184 valence electrons. The van der Waals surface area contributed by atoms with Crippen molar-refractivity contribution in [1.29, 1.82) is 0 Å². The summed E-state index contributed by atoms with van der Waals surface area (Å²) in [5.74, 6) is 0.0332. The van der Waals surface area contributed by atoms with Crippen LogP contribution in [-0.2, 0) is 9.59 Å². The highest BCUT2D eigenvalue weighted by molar-refractivity contribution is 6.46. The van der Waals surface area contributed by atoms with E-state index in [0.29, 0.717) is 61.2 Å². The van der Waals surface area contributed by atoms with Gasteiger partial charge in [-0.25, -0.2) is 0 Å². The maximum absolute atomic E-state index is 13.2. The number of Topliss-reactive ketones (excluding diaryl/α,β-unsaturated/α-hetero) is 1. The van der Waals surface area contributed by atoms with Crippen molar-refractivity contribution in [1.82, 2.24) is 9.80 Å². The van der Waals surface area contributed by atoms with Crippen LogP contribution in [-0.4, -0.2) is 73.6 Å². The first-order valence-corrected chi connectivity index (χ1v) is 11.6. The Bertz CT molecular complexity index is 1160. The van der Waals surface area contributed by atoms with Gasteiger partial charge < -0.3 is 29.1 Å². The molecule has 0 unspecified atom stereocenters. The molecule has 2 aromatic rings. The highest BCUT2D eigenvalue weighted by atomic mass is 16.6. The largest absolute Gasteiger partial charge is 0.507 e. The first kappa shape index (κ1) is 24.3. The summed E-state index contributed by atoms with van der Waals surface area (Å²) in [6, 6.07) is 11.4. The first-order chi connectivity index (χ1) is 16.9. The molecule has 2 aliphatic heterocycles. The normalized spacial score (nSPS) is 18.7. The van der Waals surface area contributed by atoms with Gasteiger partial charge in [0, 0.05) is 12.1 Å². The summed E-state index contributed by atoms with van der Waals surface area (Å²) in [6.45, 7) is 5.95. The lowest BCUT2D eigenvalue weighted by atomic mass is 9.95. The number of hydrogen-bond acceptors (Lipinski definition) is 7. The van der Waals surface area contributed by atoms with Crippen LogP contribution < -0.4 is 14.2 Å². The maximum atomic E-state index is 13.2. The van der Waals surface area contributed by atoms with Gasteiger partial charge in [-0.3, -0.25) is 9.59 Å². The molecule has 2 aliphatic rings. The van der Waals surface area contributed by atoms with Crippen LogP contribution in [0.1, 0.15) is 23.6 Å². The minimum Gasteiger partial charge on any atom is -0.507 e. The fourth-order valence-electron chi connectivity index (χ4n) is 4.29. The molecule has 1 saturated heterocycles. The van der Waals surface area contributed by atoms with Crippen molar-refractivity contribution in [2.75, 3.05) is 47.0 Å². The molecule has 0 saturated carbocycles. The molecule has 8 nitrogen and oxygen atoms in total. The molecule has 2 heterocycles. The second-order valence-electron chi connectivity index (χ2n) is 8.68. The standard InChI is InChI=1S/C27H30N2O6/c1-4-13-33-20-8-5-7-18(16-20)24-23(26(31)27(32)29(24)12-6-11-28(2)3)25(30)19-9-10-21-22(17-19)35-15-14-34-21/h4-5,7-10,16-17,24,30H,1,6,11-15H2,2-3H3/b25-23+/t24-/m0/s1. The van der Waals surface area contributed by atoms with E-state index in [1.54, 1.807) is 42.5 Å². The number of rotatable bonds is 9. The molecule has 0 radical (unpaired) electrons. The van der Waals surface area contributed by atoms with E-state index >= 15 is 0 Å². The Balaban J connectivity index is 1.78. The average Bonchev–Trinajstić information content (AvgIpc) is 3.11.